The minimum absolute atomic E-state index is 0.103. The standard InChI is InChI=1S/C14H20FN3O2/c1-18(2)14(3-5-20-6-4-14)10-17-13(19)11-7-12(15)9-16-8-11/h7-9H,3-6,10H2,1-2H3,(H,17,19). The summed E-state index contributed by atoms with van der Waals surface area (Å²) in [4.78, 5) is 17.8. The fraction of sp³-hybridized carbons (Fsp3) is 0.571. The molecular weight excluding hydrogens is 261 g/mol. The van der Waals surface area contributed by atoms with Gasteiger partial charge < -0.3 is 15.0 Å². The molecule has 6 heteroatoms. The highest BCUT2D eigenvalue weighted by Gasteiger charge is 2.35. The van der Waals surface area contributed by atoms with E-state index in [9.17, 15) is 9.18 Å². The van der Waals surface area contributed by atoms with Gasteiger partial charge in [-0.3, -0.25) is 9.78 Å². The largest absolute Gasteiger partial charge is 0.381 e. The third kappa shape index (κ3) is 3.32. The lowest BCUT2D eigenvalue weighted by Crippen LogP contribution is -2.55. The number of aromatic nitrogens is 1. The SMILES string of the molecule is CN(C)C1(CNC(=O)c2cncc(F)c2)CCOCC1. The molecule has 1 aliphatic rings. The summed E-state index contributed by atoms with van der Waals surface area (Å²) in [5.41, 5.74) is 0.139. The van der Waals surface area contributed by atoms with Crippen LogP contribution in [-0.2, 0) is 4.74 Å². The summed E-state index contributed by atoms with van der Waals surface area (Å²) in [5, 5.41) is 2.88. The molecule has 110 valence electrons. The van der Waals surface area contributed by atoms with Crippen molar-refractivity contribution in [2.45, 2.75) is 18.4 Å². The van der Waals surface area contributed by atoms with Gasteiger partial charge in [0, 0.05) is 31.5 Å². The molecule has 0 atom stereocenters. The van der Waals surface area contributed by atoms with E-state index in [1.54, 1.807) is 0 Å². The number of likely N-dealkylation sites (N-methyl/N-ethyl adjacent to an activating group) is 1. The Labute approximate surface area is 118 Å². The van der Waals surface area contributed by atoms with Crippen molar-refractivity contribution in [1.82, 2.24) is 15.2 Å². The lowest BCUT2D eigenvalue weighted by Gasteiger charge is -2.42. The Morgan fingerprint density at radius 1 is 1.45 bits per heavy atom. The molecular formula is C14H20FN3O2. The topological polar surface area (TPSA) is 54.5 Å². The van der Waals surface area contributed by atoms with E-state index in [1.165, 1.54) is 12.3 Å². The van der Waals surface area contributed by atoms with Gasteiger partial charge in [-0.1, -0.05) is 0 Å². The van der Waals surface area contributed by atoms with Gasteiger partial charge in [0.05, 0.1) is 11.8 Å². The van der Waals surface area contributed by atoms with Gasteiger partial charge in [0.1, 0.15) is 5.82 Å². The maximum absolute atomic E-state index is 13.1. The Morgan fingerprint density at radius 3 is 2.75 bits per heavy atom. The van der Waals surface area contributed by atoms with Crippen molar-refractivity contribution in [1.29, 1.82) is 0 Å². The van der Waals surface area contributed by atoms with E-state index in [-0.39, 0.29) is 17.0 Å². The molecule has 1 N–H and O–H groups in total. The fourth-order valence-electron chi connectivity index (χ4n) is 2.42. The predicted molar refractivity (Wildman–Crippen MR) is 73.0 cm³/mol. The van der Waals surface area contributed by atoms with Gasteiger partial charge >= 0.3 is 0 Å². The summed E-state index contributed by atoms with van der Waals surface area (Å²) in [6.45, 7) is 1.89. The van der Waals surface area contributed by atoms with E-state index in [0.29, 0.717) is 19.8 Å². The molecule has 2 heterocycles. The molecule has 0 aromatic carbocycles. The van der Waals surface area contributed by atoms with Crippen LogP contribution in [0, 0.1) is 5.82 Å². The van der Waals surface area contributed by atoms with E-state index in [0.717, 1.165) is 19.0 Å². The van der Waals surface area contributed by atoms with Crippen LogP contribution in [0.2, 0.25) is 0 Å². The summed E-state index contributed by atoms with van der Waals surface area (Å²) < 4.78 is 18.4. The van der Waals surface area contributed by atoms with Crippen molar-refractivity contribution < 1.29 is 13.9 Å². The number of carbonyl (C=O) groups excluding carboxylic acids is 1. The molecule has 1 fully saturated rings. The molecule has 0 unspecified atom stereocenters. The van der Waals surface area contributed by atoms with E-state index in [1.807, 2.05) is 14.1 Å². The van der Waals surface area contributed by atoms with Crippen LogP contribution in [0.5, 0.6) is 0 Å². The van der Waals surface area contributed by atoms with Gasteiger partial charge in [0.25, 0.3) is 5.91 Å². The van der Waals surface area contributed by atoms with Crippen molar-refractivity contribution in [3.8, 4) is 0 Å². The van der Waals surface area contributed by atoms with Gasteiger partial charge in [-0.2, -0.15) is 0 Å². The maximum atomic E-state index is 13.1. The van der Waals surface area contributed by atoms with E-state index in [4.69, 9.17) is 4.74 Å². The second-order valence-corrected chi connectivity index (χ2v) is 5.31. The molecule has 5 nitrogen and oxygen atoms in total. The Balaban J connectivity index is 2.00. The van der Waals surface area contributed by atoms with Gasteiger partial charge in [-0.25, -0.2) is 4.39 Å². The monoisotopic (exact) mass is 281 g/mol. The molecule has 2 rings (SSSR count). The number of amides is 1. The zero-order valence-corrected chi connectivity index (χ0v) is 11.9. The van der Waals surface area contributed by atoms with Crippen molar-refractivity contribution in [3.63, 3.8) is 0 Å². The number of hydrogen-bond donors (Lipinski definition) is 1. The number of nitrogens with one attached hydrogen (secondary N) is 1. The van der Waals surface area contributed by atoms with Gasteiger partial charge in [0.2, 0.25) is 0 Å². The summed E-state index contributed by atoms with van der Waals surface area (Å²) in [6, 6.07) is 1.19. The second kappa shape index (κ2) is 6.28. The quantitative estimate of drug-likeness (QED) is 0.896. The predicted octanol–water partition coefficient (Wildman–Crippen LogP) is 1.06. The van der Waals surface area contributed by atoms with Crippen molar-refractivity contribution in [2.75, 3.05) is 33.9 Å². The van der Waals surface area contributed by atoms with Crippen LogP contribution in [0.4, 0.5) is 4.39 Å². The van der Waals surface area contributed by atoms with Gasteiger partial charge in [0.15, 0.2) is 0 Å². The highest BCUT2D eigenvalue weighted by Crippen LogP contribution is 2.25. The van der Waals surface area contributed by atoms with Crippen LogP contribution >= 0.6 is 0 Å². The summed E-state index contributed by atoms with van der Waals surface area (Å²) >= 11 is 0. The molecule has 1 aromatic heterocycles. The minimum Gasteiger partial charge on any atom is -0.381 e. The van der Waals surface area contributed by atoms with Gasteiger partial charge in [-0.05, 0) is 33.0 Å². The molecule has 1 aromatic rings. The normalized spacial score (nSPS) is 18.0. The average molecular weight is 281 g/mol. The average Bonchev–Trinajstić information content (AvgIpc) is 2.45. The maximum Gasteiger partial charge on any atom is 0.253 e. The van der Waals surface area contributed by atoms with Crippen LogP contribution in [0.15, 0.2) is 18.5 Å². The first kappa shape index (κ1) is 14.9. The number of rotatable bonds is 4. The third-order valence-electron chi connectivity index (χ3n) is 3.92. The fourth-order valence-corrected chi connectivity index (χ4v) is 2.42. The zero-order valence-electron chi connectivity index (χ0n) is 11.9. The van der Waals surface area contributed by atoms with Crippen LogP contribution < -0.4 is 5.32 Å². The number of halogens is 1. The molecule has 1 amide bonds. The number of pyridine rings is 1. The lowest BCUT2D eigenvalue weighted by molar-refractivity contribution is -0.00658. The van der Waals surface area contributed by atoms with E-state index < -0.39 is 5.82 Å². The summed E-state index contributed by atoms with van der Waals surface area (Å²) in [7, 11) is 4.00. The zero-order chi connectivity index (χ0) is 14.6. The number of ether oxygens (including phenoxy) is 1. The molecule has 0 spiro atoms. The van der Waals surface area contributed by atoms with Gasteiger partial charge in [-0.15, -0.1) is 0 Å². The smallest absolute Gasteiger partial charge is 0.253 e. The van der Waals surface area contributed by atoms with Crippen LogP contribution in [0.25, 0.3) is 0 Å². The van der Waals surface area contributed by atoms with Crippen LogP contribution in [-0.4, -0.2) is 55.2 Å². The van der Waals surface area contributed by atoms with Crippen LogP contribution in [0.1, 0.15) is 23.2 Å². The van der Waals surface area contributed by atoms with Crippen molar-refractivity contribution in [3.05, 3.63) is 29.8 Å². The molecule has 1 aliphatic heterocycles. The van der Waals surface area contributed by atoms with Crippen molar-refractivity contribution >= 4 is 5.91 Å². The molecule has 0 aliphatic carbocycles. The second-order valence-electron chi connectivity index (χ2n) is 5.31. The Bertz CT molecular complexity index is 473. The van der Waals surface area contributed by atoms with E-state index >= 15 is 0 Å². The molecule has 20 heavy (non-hydrogen) atoms. The Morgan fingerprint density at radius 2 is 2.15 bits per heavy atom. The third-order valence-corrected chi connectivity index (χ3v) is 3.92. The highest BCUT2D eigenvalue weighted by molar-refractivity contribution is 5.93. The molecule has 1 saturated heterocycles. The van der Waals surface area contributed by atoms with E-state index in [2.05, 4.69) is 15.2 Å². The summed E-state index contributed by atoms with van der Waals surface area (Å²) in [5.74, 6) is -0.809. The molecule has 0 radical (unpaired) electrons. The van der Waals surface area contributed by atoms with Crippen LogP contribution in [0.3, 0.4) is 0 Å². The first-order valence-electron chi connectivity index (χ1n) is 6.67. The number of nitrogens with zero attached hydrogens (tertiary/aromatic N) is 2. The highest BCUT2D eigenvalue weighted by atomic mass is 19.1. The number of carbonyl (C=O) groups is 1. The van der Waals surface area contributed by atoms with Crippen molar-refractivity contribution in [2.24, 2.45) is 0 Å². The lowest BCUT2D eigenvalue weighted by atomic mass is 9.88. The Hall–Kier alpha value is -1.53. The minimum atomic E-state index is -0.508. The summed E-state index contributed by atoms with van der Waals surface area (Å²) in [6.07, 6.45) is 4.17. The molecule has 0 bridgehead atoms. The number of hydrogen-bond acceptors (Lipinski definition) is 4. The first-order valence-corrected chi connectivity index (χ1v) is 6.67. The Kier molecular flexibility index (Phi) is 4.67. The molecule has 0 saturated carbocycles. The first-order chi connectivity index (χ1) is 9.53.